The monoisotopic (exact) mass is 266 g/mol. The third-order valence-electron chi connectivity index (χ3n) is 4.19. The van der Waals surface area contributed by atoms with Crippen LogP contribution in [0, 0.1) is 13.8 Å². The quantitative estimate of drug-likeness (QED) is 0.881. The van der Waals surface area contributed by atoms with Crippen LogP contribution in [0.25, 0.3) is 0 Å². The number of nitrogens with one attached hydrogen (secondary N) is 1. The maximum atomic E-state index is 6.42. The van der Waals surface area contributed by atoms with Crippen LogP contribution in [0.15, 0.2) is 12.1 Å². The normalized spacial score (nSPS) is 19.1. The number of aryl methyl sites for hydroxylation is 2. The first kappa shape index (κ1) is 13.7. The van der Waals surface area contributed by atoms with Crippen LogP contribution in [0.4, 0.5) is 5.69 Å². The van der Waals surface area contributed by atoms with Crippen LogP contribution in [0.3, 0.4) is 0 Å². The van der Waals surface area contributed by atoms with Crippen molar-refractivity contribution < 1.29 is 0 Å². The first-order valence-electron chi connectivity index (χ1n) is 6.66. The predicted octanol–water partition coefficient (Wildman–Crippen LogP) is 3.54. The summed E-state index contributed by atoms with van der Waals surface area (Å²) in [5, 5.41) is 4.32. The number of nitrogens with zero attached hydrogens (tertiary/aromatic N) is 1. The molecule has 0 aromatic heterocycles. The fourth-order valence-corrected chi connectivity index (χ4v) is 3.22. The minimum Gasteiger partial charge on any atom is -0.370 e. The van der Waals surface area contributed by atoms with Crippen LogP contribution < -0.4 is 10.2 Å². The van der Waals surface area contributed by atoms with Crippen molar-refractivity contribution in [1.82, 2.24) is 5.32 Å². The van der Waals surface area contributed by atoms with Crippen LogP contribution in [0.2, 0.25) is 5.02 Å². The van der Waals surface area contributed by atoms with Crippen LogP contribution in [0.5, 0.6) is 0 Å². The highest BCUT2D eigenvalue weighted by atomic mass is 35.5. The van der Waals surface area contributed by atoms with E-state index in [1.165, 1.54) is 16.8 Å². The Morgan fingerprint density at radius 1 is 1.22 bits per heavy atom. The van der Waals surface area contributed by atoms with E-state index in [-0.39, 0.29) is 5.54 Å². The van der Waals surface area contributed by atoms with Gasteiger partial charge in [0.15, 0.2) is 0 Å². The Bertz CT molecular complexity index is 411. The van der Waals surface area contributed by atoms with Crippen molar-refractivity contribution in [2.24, 2.45) is 0 Å². The number of hydrogen-bond donors (Lipinski definition) is 1. The average molecular weight is 267 g/mol. The molecule has 0 aliphatic carbocycles. The van der Waals surface area contributed by atoms with E-state index < -0.39 is 0 Å². The van der Waals surface area contributed by atoms with Gasteiger partial charge in [0, 0.05) is 18.6 Å². The molecule has 0 bridgehead atoms. The molecular formula is C15H23ClN2. The fraction of sp³-hybridized carbons (Fsp3) is 0.600. The lowest BCUT2D eigenvalue weighted by Crippen LogP contribution is -2.50. The van der Waals surface area contributed by atoms with E-state index in [2.05, 4.69) is 50.2 Å². The molecule has 0 spiro atoms. The van der Waals surface area contributed by atoms with Crippen LogP contribution in [-0.4, -0.2) is 25.7 Å². The van der Waals surface area contributed by atoms with Gasteiger partial charge in [-0.25, -0.2) is 0 Å². The number of piperidine rings is 1. The van der Waals surface area contributed by atoms with Crippen molar-refractivity contribution in [2.45, 2.75) is 39.2 Å². The molecule has 1 aliphatic rings. The molecule has 1 aromatic rings. The van der Waals surface area contributed by atoms with E-state index in [1.54, 1.807) is 0 Å². The van der Waals surface area contributed by atoms with Crippen molar-refractivity contribution in [3.05, 3.63) is 28.3 Å². The second-order valence-corrected chi connectivity index (χ2v) is 6.12. The zero-order valence-electron chi connectivity index (χ0n) is 11.8. The Kier molecular flexibility index (Phi) is 3.88. The second kappa shape index (κ2) is 5.10. The Balaban J connectivity index is 2.20. The largest absolute Gasteiger partial charge is 0.370 e. The van der Waals surface area contributed by atoms with E-state index in [1.807, 2.05) is 0 Å². The lowest BCUT2D eigenvalue weighted by Gasteiger charge is -2.41. The van der Waals surface area contributed by atoms with Gasteiger partial charge in [0.05, 0.1) is 10.7 Å². The van der Waals surface area contributed by atoms with E-state index in [0.717, 1.165) is 31.0 Å². The second-order valence-electron chi connectivity index (χ2n) is 5.71. The molecule has 1 fully saturated rings. The number of rotatable bonds is 2. The summed E-state index contributed by atoms with van der Waals surface area (Å²) in [7, 11) is 2.06. The lowest BCUT2D eigenvalue weighted by molar-refractivity contribution is 0.305. The Morgan fingerprint density at radius 3 is 2.33 bits per heavy atom. The molecule has 1 aliphatic heterocycles. The molecule has 0 saturated carbocycles. The molecule has 1 N–H and O–H groups in total. The highest BCUT2D eigenvalue weighted by Gasteiger charge is 2.29. The van der Waals surface area contributed by atoms with Gasteiger partial charge in [-0.2, -0.15) is 0 Å². The summed E-state index contributed by atoms with van der Waals surface area (Å²) >= 11 is 6.42. The lowest BCUT2D eigenvalue weighted by atomic mass is 9.89. The van der Waals surface area contributed by atoms with Gasteiger partial charge in [-0.15, -0.1) is 0 Å². The topological polar surface area (TPSA) is 15.3 Å². The van der Waals surface area contributed by atoms with Crippen LogP contribution in [-0.2, 0) is 0 Å². The summed E-state index contributed by atoms with van der Waals surface area (Å²) in [5.41, 5.74) is 4.02. The van der Waals surface area contributed by atoms with Gasteiger partial charge < -0.3 is 10.2 Å². The van der Waals surface area contributed by atoms with Crippen molar-refractivity contribution in [3.8, 4) is 0 Å². The van der Waals surface area contributed by atoms with E-state index >= 15 is 0 Å². The molecular weight excluding hydrogens is 244 g/mol. The molecule has 0 radical (unpaired) electrons. The van der Waals surface area contributed by atoms with E-state index in [9.17, 15) is 0 Å². The van der Waals surface area contributed by atoms with Gasteiger partial charge in [0.25, 0.3) is 0 Å². The Hall–Kier alpha value is -0.730. The highest BCUT2D eigenvalue weighted by Crippen LogP contribution is 2.34. The fourth-order valence-electron chi connectivity index (χ4n) is 2.78. The smallest absolute Gasteiger partial charge is 0.0644 e. The molecule has 2 rings (SSSR count). The molecule has 100 valence electrons. The molecule has 3 heteroatoms. The number of halogens is 1. The Labute approximate surface area is 115 Å². The third kappa shape index (κ3) is 2.65. The van der Waals surface area contributed by atoms with Gasteiger partial charge in [0.1, 0.15) is 0 Å². The first-order chi connectivity index (χ1) is 8.45. The number of hydrogen-bond acceptors (Lipinski definition) is 2. The van der Waals surface area contributed by atoms with Gasteiger partial charge in [-0.05, 0) is 57.9 Å². The first-order valence-corrected chi connectivity index (χ1v) is 7.03. The van der Waals surface area contributed by atoms with Gasteiger partial charge in [0.2, 0.25) is 0 Å². The minimum absolute atomic E-state index is 0.279. The highest BCUT2D eigenvalue weighted by molar-refractivity contribution is 6.33. The van der Waals surface area contributed by atoms with Gasteiger partial charge in [-0.3, -0.25) is 0 Å². The van der Waals surface area contributed by atoms with E-state index in [4.69, 9.17) is 11.6 Å². The summed E-state index contributed by atoms with van der Waals surface area (Å²) in [5.74, 6) is 0. The molecule has 2 nitrogen and oxygen atoms in total. The summed E-state index contributed by atoms with van der Waals surface area (Å²) in [4.78, 5) is 2.43. The molecule has 18 heavy (non-hydrogen) atoms. The zero-order valence-corrected chi connectivity index (χ0v) is 12.6. The molecule has 0 unspecified atom stereocenters. The maximum absolute atomic E-state index is 6.42. The molecule has 1 saturated heterocycles. The average Bonchev–Trinajstić information content (AvgIpc) is 2.30. The zero-order chi connectivity index (χ0) is 13.3. The molecule has 0 amide bonds. The molecule has 0 atom stereocenters. The number of benzene rings is 1. The molecule has 1 aromatic carbocycles. The van der Waals surface area contributed by atoms with Gasteiger partial charge in [-0.1, -0.05) is 17.7 Å². The summed E-state index contributed by atoms with van der Waals surface area (Å²) in [6.45, 7) is 8.69. The minimum atomic E-state index is 0.279. The van der Waals surface area contributed by atoms with Crippen molar-refractivity contribution in [1.29, 1.82) is 0 Å². The van der Waals surface area contributed by atoms with E-state index in [0.29, 0.717) is 0 Å². The molecule has 1 heterocycles. The summed E-state index contributed by atoms with van der Waals surface area (Å²) in [6, 6.07) is 4.28. The van der Waals surface area contributed by atoms with Crippen molar-refractivity contribution in [3.63, 3.8) is 0 Å². The van der Waals surface area contributed by atoms with Crippen LogP contribution >= 0.6 is 11.6 Å². The third-order valence-corrected chi connectivity index (χ3v) is 4.47. The van der Waals surface area contributed by atoms with Crippen LogP contribution in [0.1, 0.15) is 30.9 Å². The summed E-state index contributed by atoms with van der Waals surface area (Å²) < 4.78 is 0. The SMILES string of the molecule is CNC1(C)CCN(c2c(C)cc(C)cc2Cl)CC1. The Morgan fingerprint density at radius 2 is 1.83 bits per heavy atom. The maximum Gasteiger partial charge on any atom is 0.0644 e. The van der Waals surface area contributed by atoms with Gasteiger partial charge >= 0.3 is 0 Å². The number of anilines is 1. The van der Waals surface area contributed by atoms with Crippen molar-refractivity contribution in [2.75, 3.05) is 25.0 Å². The standard InChI is InChI=1S/C15H23ClN2/c1-11-9-12(2)14(13(16)10-11)18-7-5-15(3,17-4)6-8-18/h9-10,17H,5-8H2,1-4H3. The predicted molar refractivity (Wildman–Crippen MR) is 79.8 cm³/mol. The van der Waals surface area contributed by atoms with Crippen molar-refractivity contribution >= 4 is 17.3 Å². The summed E-state index contributed by atoms with van der Waals surface area (Å²) in [6.07, 6.45) is 2.32.